The molecule has 0 amide bonds. The molecule has 0 spiro atoms. The number of carbonyl (C=O) groups is 2. The van der Waals surface area contributed by atoms with Crippen molar-refractivity contribution < 1.29 is 23.8 Å². The van der Waals surface area contributed by atoms with Crippen molar-refractivity contribution in [3.8, 4) is 0 Å². The molecule has 0 N–H and O–H groups in total. The van der Waals surface area contributed by atoms with Gasteiger partial charge in [0.15, 0.2) is 6.10 Å². The van der Waals surface area contributed by atoms with Crippen molar-refractivity contribution in [2.45, 2.75) is 232 Å². The quantitative estimate of drug-likeness (QED) is 0.0368. The van der Waals surface area contributed by atoms with Gasteiger partial charge in [0.25, 0.3) is 0 Å². The van der Waals surface area contributed by atoms with Crippen molar-refractivity contribution >= 4 is 11.9 Å². The molecule has 0 aliphatic carbocycles. The highest BCUT2D eigenvalue weighted by molar-refractivity contribution is 5.70. The molecule has 48 heavy (non-hydrogen) atoms. The van der Waals surface area contributed by atoms with E-state index in [9.17, 15) is 9.59 Å². The van der Waals surface area contributed by atoms with Crippen LogP contribution < -0.4 is 0 Å². The molecule has 0 aromatic heterocycles. The molecule has 0 radical (unpaired) electrons. The summed E-state index contributed by atoms with van der Waals surface area (Å²) in [6.45, 7) is 7.77. The summed E-state index contributed by atoms with van der Waals surface area (Å²) in [6.07, 6.45) is 42.3. The fourth-order valence-corrected chi connectivity index (χ4v) is 6.09. The van der Waals surface area contributed by atoms with Crippen LogP contribution in [0.25, 0.3) is 0 Å². The molecule has 1 unspecified atom stereocenters. The van der Waals surface area contributed by atoms with Gasteiger partial charge >= 0.3 is 11.9 Å². The highest BCUT2D eigenvalue weighted by Gasteiger charge is 2.17. The predicted octanol–water partition coefficient (Wildman–Crippen LogP) is 13.6. The molecule has 0 aliphatic rings. The summed E-state index contributed by atoms with van der Waals surface area (Å²) in [5.41, 5.74) is 0. The summed E-state index contributed by atoms with van der Waals surface area (Å²) < 4.78 is 17.2. The van der Waals surface area contributed by atoms with E-state index in [1.165, 1.54) is 154 Å². The van der Waals surface area contributed by atoms with Crippen LogP contribution in [0.5, 0.6) is 0 Å². The van der Waals surface area contributed by atoms with Gasteiger partial charge in [0.2, 0.25) is 0 Å². The van der Waals surface area contributed by atoms with Crippen LogP contribution in [-0.2, 0) is 23.8 Å². The Hall–Kier alpha value is -1.36. The first-order valence-electron chi connectivity index (χ1n) is 21.2. The molecule has 284 valence electrons. The zero-order chi connectivity index (χ0) is 35.0. The minimum Gasteiger partial charge on any atom is -0.462 e. The summed E-state index contributed by atoms with van der Waals surface area (Å²) in [6, 6.07) is 0. The zero-order valence-electron chi connectivity index (χ0n) is 32.5. The molecule has 0 fully saturated rings. The molecule has 0 rings (SSSR count). The van der Waals surface area contributed by atoms with E-state index in [1.807, 2.05) is 0 Å². The Labute approximate surface area is 299 Å². The van der Waals surface area contributed by atoms with Gasteiger partial charge in [-0.1, -0.05) is 181 Å². The van der Waals surface area contributed by atoms with Crippen LogP contribution in [0.3, 0.4) is 0 Å². The maximum Gasteiger partial charge on any atom is 0.306 e. The Bertz CT molecular complexity index is 691. The summed E-state index contributed by atoms with van der Waals surface area (Å²) in [5, 5.41) is 0. The molecular formula is C43H82O5. The molecule has 5 nitrogen and oxygen atoms in total. The fourth-order valence-electron chi connectivity index (χ4n) is 6.09. The average molecular weight is 679 g/mol. The number of rotatable bonds is 39. The van der Waals surface area contributed by atoms with Gasteiger partial charge in [-0.15, -0.1) is 0 Å². The van der Waals surface area contributed by atoms with E-state index in [4.69, 9.17) is 14.2 Å². The molecule has 0 saturated carbocycles. The molecule has 0 aromatic carbocycles. The van der Waals surface area contributed by atoms with Gasteiger partial charge in [0.05, 0.1) is 6.61 Å². The van der Waals surface area contributed by atoms with E-state index in [2.05, 4.69) is 32.9 Å². The Morgan fingerprint density at radius 1 is 0.438 bits per heavy atom. The molecule has 0 saturated heterocycles. The topological polar surface area (TPSA) is 61.8 Å². The van der Waals surface area contributed by atoms with E-state index in [1.54, 1.807) is 0 Å². The van der Waals surface area contributed by atoms with Gasteiger partial charge in [-0.3, -0.25) is 9.59 Å². The second kappa shape index (κ2) is 40.1. The number of esters is 2. The van der Waals surface area contributed by atoms with Gasteiger partial charge in [0, 0.05) is 19.4 Å². The third-order valence-corrected chi connectivity index (χ3v) is 9.30. The minimum atomic E-state index is -0.523. The van der Waals surface area contributed by atoms with E-state index in [0.29, 0.717) is 26.1 Å². The predicted molar refractivity (Wildman–Crippen MR) is 206 cm³/mol. The number of ether oxygens (including phenoxy) is 3. The maximum atomic E-state index is 12.5. The molecule has 5 heteroatoms. The first kappa shape index (κ1) is 46.6. The third kappa shape index (κ3) is 37.5. The molecule has 0 aliphatic heterocycles. The number of allylic oxidation sites excluding steroid dienone is 2. The largest absolute Gasteiger partial charge is 0.462 e. The number of carbonyl (C=O) groups excluding carboxylic acids is 2. The standard InChI is InChI=1S/C43H82O5/c1-4-7-10-13-16-17-18-19-20-21-22-23-24-25-26-29-32-35-38-46-39-41(48-43(45)37-34-31-28-15-12-9-6-3)40-47-42(44)36-33-30-27-14-11-8-5-2/h19-20,41H,4-18,21-40H2,1-3H3/b20-19-. The van der Waals surface area contributed by atoms with Gasteiger partial charge in [-0.2, -0.15) is 0 Å². The number of hydrogen-bond acceptors (Lipinski definition) is 5. The molecule has 0 aromatic rings. The van der Waals surface area contributed by atoms with Crippen LogP contribution in [-0.4, -0.2) is 37.9 Å². The van der Waals surface area contributed by atoms with Crippen molar-refractivity contribution in [2.75, 3.05) is 19.8 Å². The number of hydrogen-bond donors (Lipinski definition) is 0. The van der Waals surface area contributed by atoms with Crippen LogP contribution >= 0.6 is 0 Å². The molecule has 0 bridgehead atoms. The first-order chi connectivity index (χ1) is 23.6. The van der Waals surface area contributed by atoms with E-state index < -0.39 is 6.10 Å². The monoisotopic (exact) mass is 679 g/mol. The molecular weight excluding hydrogens is 596 g/mol. The summed E-state index contributed by atoms with van der Waals surface area (Å²) >= 11 is 0. The summed E-state index contributed by atoms with van der Waals surface area (Å²) in [5.74, 6) is -0.402. The smallest absolute Gasteiger partial charge is 0.306 e. The molecule has 0 heterocycles. The maximum absolute atomic E-state index is 12.5. The second-order valence-electron chi connectivity index (χ2n) is 14.3. The van der Waals surface area contributed by atoms with Gasteiger partial charge in [-0.25, -0.2) is 0 Å². The van der Waals surface area contributed by atoms with Crippen LogP contribution in [0.1, 0.15) is 226 Å². The Balaban J connectivity index is 4.04. The highest BCUT2D eigenvalue weighted by atomic mass is 16.6. The van der Waals surface area contributed by atoms with Crippen molar-refractivity contribution in [3.63, 3.8) is 0 Å². The lowest BCUT2D eigenvalue weighted by atomic mass is 10.1. The van der Waals surface area contributed by atoms with E-state index >= 15 is 0 Å². The fraction of sp³-hybridized carbons (Fsp3) is 0.907. The van der Waals surface area contributed by atoms with Crippen molar-refractivity contribution in [1.82, 2.24) is 0 Å². The third-order valence-electron chi connectivity index (χ3n) is 9.30. The highest BCUT2D eigenvalue weighted by Crippen LogP contribution is 2.13. The first-order valence-corrected chi connectivity index (χ1v) is 21.2. The van der Waals surface area contributed by atoms with Gasteiger partial charge in [0.1, 0.15) is 6.61 Å². The lowest BCUT2D eigenvalue weighted by Crippen LogP contribution is -2.30. The van der Waals surface area contributed by atoms with E-state index in [0.717, 1.165) is 38.5 Å². The molecule has 1 atom stereocenters. The number of unbranched alkanes of at least 4 members (excludes halogenated alkanes) is 26. The Morgan fingerprint density at radius 3 is 1.27 bits per heavy atom. The van der Waals surface area contributed by atoms with Crippen LogP contribution in [0.4, 0.5) is 0 Å². The van der Waals surface area contributed by atoms with Crippen LogP contribution in [0, 0.1) is 0 Å². The Kier molecular flexibility index (Phi) is 38.9. The van der Waals surface area contributed by atoms with Gasteiger partial charge < -0.3 is 14.2 Å². The Morgan fingerprint density at radius 2 is 0.812 bits per heavy atom. The summed E-state index contributed by atoms with van der Waals surface area (Å²) in [7, 11) is 0. The minimum absolute atomic E-state index is 0.0903. The zero-order valence-corrected chi connectivity index (χ0v) is 32.5. The van der Waals surface area contributed by atoms with Crippen LogP contribution in [0.2, 0.25) is 0 Å². The second-order valence-corrected chi connectivity index (χ2v) is 14.3. The SMILES string of the molecule is CCCCCCCC/C=C\CCCCCCCCCCOCC(COC(=O)CCCCCCCCC)OC(=O)CCCCCCCCC. The van der Waals surface area contributed by atoms with Crippen LogP contribution in [0.15, 0.2) is 12.2 Å². The lowest BCUT2D eigenvalue weighted by Gasteiger charge is -2.18. The van der Waals surface area contributed by atoms with Crippen molar-refractivity contribution in [2.24, 2.45) is 0 Å². The van der Waals surface area contributed by atoms with E-state index in [-0.39, 0.29) is 18.5 Å². The van der Waals surface area contributed by atoms with Gasteiger partial charge in [-0.05, 0) is 44.9 Å². The average Bonchev–Trinajstić information content (AvgIpc) is 3.08. The van der Waals surface area contributed by atoms with Crippen molar-refractivity contribution in [1.29, 1.82) is 0 Å². The van der Waals surface area contributed by atoms with Crippen molar-refractivity contribution in [3.05, 3.63) is 12.2 Å². The summed E-state index contributed by atoms with van der Waals surface area (Å²) in [4.78, 5) is 24.9. The lowest BCUT2D eigenvalue weighted by molar-refractivity contribution is -0.163. The normalized spacial score (nSPS) is 12.1.